The van der Waals surface area contributed by atoms with Gasteiger partial charge in [0.1, 0.15) is 5.75 Å². The number of anilines is 1. The molecule has 0 unspecified atom stereocenters. The number of nitrogens with two attached hydrogens (primary N) is 1. The Morgan fingerprint density at radius 1 is 1.53 bits per heavy atom. The Morgan fingerprint density at radius 3 is 2.87 bits per heavy atom. The van der Waals surface area contributed by atoms with Crippen molar-refractivity contribution < 1.29 is 9.53 Å². The van der Waals surface area contributed by atoms with Gasteiger partial charge in [0.25, 0.3) is 0 Å². The van der Waals surface area contributed by atoms with E-state index in [1.807, 2.05) is 0 Å². The van der Waals surface area contributed by atoms with Crippen LogP contribution >= 0.6 is 0 Å². The first-order valence-corrected chi connectivity index (χ1v) is 4.55. The van der Waals surface area contributed by atoms with Crippen LogP contribution in [-0.2, 0) is 0 Å². The first-order chi connectivity index (χ1) is 7.19. The molecule has 0 atom stereocenters. The fourth-order valence-corrected chi connectivity index (χ4v) is 1.17. The Kier molecular flexibility index (Phi) is 3.75. The highest BCUT2D eigenvalue weighted by Crippen LogP contribution is 2.20. The molecule has 0 amide bonds. The summed E-state index contributed by atoms with van der Waals surface area (Å²) in [5.74, 6) is 5.93. The number of methoxy groups -OCH3 is 1. The van der Waals surface area contributed by atoms with Crippen LogP contribution in [0.3, 0.4) is 0 Å². The molecular weight excluding hydrogens is 190 g/mol. The highest BCUT2D eigenvalue weighted by atomic mass is 16.5. The number of hydrogen-bond acceptors (Lipinski definition) is 3. The minimum Gasteiger partial charge on any atom is -0.497 e. The fourth-order valence-electron chi connectivity index (χ4n) is 1.17. The summed E-state index contributed by atoms with van der Waals surface area (Å²) in [6.45, 7) is 1.70. The summed E-state index contributed by atoms with van der Waals surface area (Å²) in [6, 6.07) is 5.01. The molecule has 1 aromatic rings. The average Bonchev–Trinajstić information content (AvgIpc) is 2.26. The van der Waals surface area contributed by atoms with E-state index < -0.39 is 0 Å². The second-order valence-electron chi connectivity index (χ2n) is 2.98. The third-order valence-electron chi connectivity index (χ3n) is 1.99. The van der Waals surface area contributed by atoms with E-state index in [0.29, 0.717) is 17.0 Å². The lowest BCUT2D eigenvalue weighted by molar-refractivity contribution is 0.0998. The van der Waals surface area contributed by atoms with Crippen LogP contribution in [0.1, 0.15) is 23.7 Å². The van der Waals surface area contributed by atoms with Gasteiger partial charge in [0.15, 0.2) is 5.78 Å². The smallest absolute Gasteiger partial charge is 0.176 e. The number of rotatable bonds is 3. The highest BCUT2D eigenvalue weighted by molar-refractivity contribution is 6.02. The molecule has 0 spiro atoms. The van der Waals surface area contributed by atoms with E-state index in [-0.39, 0.29) is 12.2 Å². The predicted molar refractivity (Wildman–Crippen MR) is 59.8 cm³/mol. The lowest BCUT2D eigenvalue weighted by atomic mass is 10.1. The molecule has 0 aliphatic heterocycles. The van der Waals surface area contributed by atoms with Gasteiger partial charge in [0, 0.05) is 11.3 Å². The minimum atomic E-state index is -0.0826. The Bertz CT molecular complexity index is 427. The lowest BCUT2D eigenvalue weighted by Crippen LogP contribution is -2.03. The van der Waals surface area contributed by atoms with Crippen molar-refractivity contribution in [3.8, 4) is 17.6 Å². The molecule has 15 heavy (non-hydrogen) atoms. The van der Waals surface area contributed by atoms with Gasteiger partial charge in [-0.15, -0.1) is 5.92 Å². The van der Waals surface area contributed by atoms with Crippen LogP contribution in [0.2, 0.25) is 0 Å². The zero-order valence-corrected chi connectivity index (χ0v) is 8.83. The predicted octanol–water partition coefficient (Wildman–Crippen LogP) is 1.87. The first-order valence-electron chi connectivity index (χ1n) is 4.55. The maximum absolute atomic E-state index is 11.7. The van der Waals surface area contributed by atoms with Crippen LogP contribution in [-0.4, -0.2) is 12.9 Å². The van der Waals surface area contributed by atoms with Gasteiger partial charge in [0.2, 0.25) is 0 Å². The Balaban J connectivity index is 2.99. The van der Waals surface area contributed by atoms with Crippen LogP contribution in [0.5, 0.6) is 5.75 Å². The van der Waals surface area contributed by atoms with Gasteiger partial charge in [0.05, 0.1) is 13.5 Å². The molecule has 0 aliphatic carbocycles. The summed E-state index contributed by atoms with van der Waals surface area (Å²) in [5, 5.41) is 0. The van der Waals surface area contributed by atoms with E-state index >= 15 is 0 Å². The third-order valence-corrected chi connectivity index (χ3v) is 1.99. The number of nitrogen functional groups attached to an aromatic ring is 1. The van der Waals surface area contributed by atoms with E-state index in [2.05, 4.69) is 11.8 Å². The topological polar surface area (TPSA) is 52.3 Å². The second kappa shape index (κ2) is 5.06. The molecule has 3 nitrogen and oxygen atoms in total. The van der Waals surface area contributed by atoms with Crippen molar-refractivity contribution in [3.05, 3.63) is 23.8 Å². The fraction of sp³-hybridized carbons (Fsp3) is 0.250. The van der Waals surface area contributed by atoms with E-state index in [0.717, 1.165) is 0 Å². The van der Waals surface area contributed by atoms with Gasteiger partial charge < -0.3 is 10.5 Å². The van der Waals surface area contributed by atoms with Crippen molar-refractivity contribution >= 4 is 11.5 Å². The van der Waals surface area contributed by atoms with Crippen molar-refractivity contribution in [1.29, 1.82) is 0 Å². The van der Waals surface area contributed by atoms with Crippen LogP contribution in [0.4, 0.5) is 5.69 Å². The molecule has 1 rings (SSSR count). The van der Waals surface area contributed by atoms with Crippen LogP contribution in [0.25, 0.3) is 0 Å². The summed E-state index contributed by atoms with van der Waals surface area (Å²) in [5.41, 5.74) is 6.62. The Labute approximate surface area is 89.2 Å². The molecular formula is C12H13NO2. The SMILES string of the molecule is CC#CCC(=O)c1cc(OC)ccc1N. The number of ether oxygens (including phenoxy) is 1. The van der Waals surface area contributed by atoms with E-state index in [4.69, 9.17) is 10.5 Å². The minimum absolute atomic E-state index is 0.0826. The van der Waals surface area contributed by atoms with Crippen LogP contribution < -0.4 is 10.5 Å². The van der Waals surface area contributed by atoms with E-state index in [9.17, 15) is 4.79 Å². The summed E-state index contributed by atoms with van der Waals surface area (Å²) in [4.78, 5) is 11.7. The van der Waals surface area contributed by atoms with Crippen LogP contribution in [0.15, 0.2) is 18.2 Å². The zero-order chi connectivity index (χ0) is 11.3. The van der Waals surface area contributed by atoms with E-state index in [1.54, 1.807) is 32.2 Å². The van der Waals surface area contributed by atoms with Crippen molar-refractivity contribution in [2.24, 2.45) is 0 Å². The molecule has 0 heterocycles. The van der Waals surface area contributed by atoms with Gasteiger partial charge in [-0.2, -0.15) is 0 Å². The number of carbonyl (C=O) groups excluding carboxylic acids is 1. The molecule has 3 heteroatoms. The molecule has 78 valence electrons. The molecule has 0 saturated heterocycles. The molecule has 0 saturated carbocycles. The molecule has 0 radical (unpaired) electrons. The maximum atomic E-state index is 11.7. The molecule has 0 bridgehead atoms. The summed E-state index contributed by atoms with van der Waals surface area (Å²) < 4.78 is 5.02. The number of carbonyl (C=O) groups is 1. The van der Waals surface area contributed by atoms with E-state index in [1.165, 1.54) is 0 Å². The number of Topliss-reactive ketones (excluding diaryl/α,β-unsaturated/α-hetero) is 1. The monoisotopic (exact) mass is 203 g/mol. The molecule has 0 aromatic heterocycles. The van der Waals surface area contributed by atoms with Gasteiger partial charge in [-0.25, -0.2) is 0 Å². The van der Waals surface area contributed by atoms with Crippen molar-refractivity contribution in [2.75, 3.05) is 12.8 Å². The maximum Gasteiger partial charge on any atom is 0.176 e. The third kappa shape index (κ3) is 2.75. The summed E-state index contributed by atoms with van der Waals surface area (Å²) in [7, 11) is 1.55. The van der Waals surface area contributed by atoms with Crippen molar-refractivity contribution in [1.82, 2.24) is 0 Å². The number of ketones is 1. The first kappa shape index (κ1) is 11.1. The van der Waals surface area contributed by atoms with Crippen molar-refractivity contribution in [2.45, 2.75) is 13.3 Å². The zero-order valence-electron chi connectivity index (χ0n) is 8.83. The lowest BCUT2D eigenvalue weighted by Gasteiger charge is -2.05. The average molecular weight is 203 g/mol. The summed E-state index contributed by atoms with van der Waals surface area (Å²) >= 11 is 0. The van der Waals surface area contributed by atoms with Gasteiger partial charge in [-0.05, 0) is 25.1 Å². The number of benzene rings is 1. The van der Waals surface area contributed by atoms with Crippen molar-refractivity contribution in [3.63, 3.8) is 0 Å². The molecule has 1 aromatic carbocycles. The normalized spacial score (nSPS) is 8.93. The Hall–Kier alpha value is -1.95. The summed E-state index contributed by atoms with van der Waals surface area (Å²) in [6.07, 6.45) is 0.188. The Morgan fingerprint density at radius 2 is 2.27 bits per heavy atom. The second-order valence-corrected chi connectivity index (χ2v) is 2.98. The largest absolute Gasteiger partial charge is 0.497 e. The number of hydrogen-bond donors (Lipinski definition) is 1. The molecule has 2 N–H and O–H groups in total. The molecule has 0 fully saturated rings. The quantitative estimate of drug-likeness (QED) is 0.463. The van der Waals surface area contributed by atoms with Gasteiger partial charge in [-0.1, -0.05) is 5.92 Å². The van der Waals surface area contributed by atoms with Crippen LogP contribution in [0, 0.1) is 11.8 Å². The standard InChI is InChI=1S/C12H13NO2/c1-3-4-5-12(14)10-8-9(15-2)6-7-11(10)13/h6-8H,5,13H2,1-2H3. The molecule has 0 aliphatic rings. The van der Waals surface area contributed by atoms with Gasteiger partial charge in [-0.3, -0.25) is 4.79 Å². The van der Waals surface area contributed by atoms with Gasteiger partial charge >= 0.3 is 0 Å². The highest BCUT2D eigenvalue weighted by Gasteiger charge is 2.09.